The molecule has 3 heteroatoms. The van der Waals surface area contributed by atoms with Crippen molar-refractivity contribution in [1.82, 2.24) is 0 Å². The Hall–Kier alpha value is -1.90. The molecule has 16 heavy (non-hydrogen) atoms. The van der Waals surface area contributed by atoms with Crippen molar-refractivity contribution >= 4 is 24.0 Å². The van der Waals surface area contributed by atoms with E-state index in [-0.39, 0.29) is 5.91 Å². The van der Waals surface area contributed by atoms with E-state index in [0.29, 0.717) is 6.42 Å². The van der Waals surface area contributed by atoms with Gasteiger partial charge in [-0.25, -0.2) is 0 Å². The fourth-order valence-corrected chi connectivity index (χ4v) is 1.90. The Balaban J connectivity index is 2.35. The van der Waals surface area contributed by atoms with E-state index in [4.69, 9.17) is 0 Å². The number of benzene rings is 1. The average Bonchev–Trinajstić information content (AvgIpc) is 2.73. The van der Waals surface area contributed by atoms with Crippen LogP contribution in [0.5, 0.6) is 0 Å². The van der Waals surface area contributed by atoms with Gasteiger partial charge >= 0.3 is 0 Å². The smallest absolute Gasteiger partial charge is 0.227 e. The van der Waals surface area contributed by atoms with Crippen LogP contribution in [0.15, 0.2) is 30.3 Å². The van der Waals surface area contributed by atoms with Gasteiger partial charge in [-0.3, -0.25) is 9.59 Å². The lowest BCUT2D eigenvalue weighted by molar-refractivity contribution is -0.117. The number of carbonyl (C=O) groups excluding carboxylic acids is 2. The summed E-state index contributed by atoms with van der Waals surface area (Å²) in [5, 5.41) is 0. The Morgan fingerprint density at radius 3 is 2.81 bits per heavy atom. The minimum Gasteiger partial charge on any atom is -0.312 e. The van der Waals surface area contributed by atoms with Gasteiger partial charge in [-0.2, -0.15) is 0 Å². The first-order valence-electron chi connectivity index (χ1n) is 5.26. The molecule has 0 N–H and O–H groups in total. The minimum absolute atomic E-state index is 0.149. The van der Waals surface area contributed by atoms with Crippen molar-refractivity contribution in [2.24, 2.45) is 0 Å². The first-order valence-corrected chi connectivity index (χ1v) is 5.26. The number of amides is 1. The van der Waals surface area contributed by atoms with Crippen LogP contribution in [0.3, 0.4) is 0 Å². The lowest BCUT2D eigenvalue weighted by Gasteiger charge is -2.17. The lowest BCUT2D eigenvalue weighted by atomic mass is 10.1. The summed E-state index contributed by atoms with van der Waals surface area (Å²) in [6.45, 7) is 0.758. The van der Waals surface area contributed by atoms with Crippen LogP contribution in [0.2, 0.25) is 0 Å². The van der Waals surface area contributed by atoms with Crippen LogP contribution in [-0.4, -0.2) is 18.7 Å². The van der Waals surface area contributed by atoms with Gasteiger partial charge < -0.3 is 4.90 Å². The van der Waals surface area contributed by atoms with Crippen LogP contribution < -0.4 is 4.90 Å². The van der Waals surface area contributed by atoms with E-state index in [1.54, 1.807) is 17.3 Å². The molecule has 0 bridgehead atoms. The van der Waals surface area contributed by atoms with Crippen molar-refractivity contribution in [2.75, 3.05) is 11.4 Å². The van der Waals surface area contributed by atoms with Gasteiger partial charge in [0.05, 0.1) is 5.69 Å². The molecule has 0 spiro atoms. The standard InChI is InChI=1S/C13H12NO2/c15-10-4-6-11-5-1-2-7-12(11)14-9-3-8-13(14)16/h1-2,4-7H,3,8-9H2/b6-4+. The van der Waals surface area contributed by atoms with Gasteiger partial charge in [0.15, 0.2) is 0 Å². The highest BCUT2D eigenvalue weighted by molar-refractivity contribution is 5.97. The van der Waals surface area contributed by atoms with E-state index in [2.05, 4.69) is 0 Å². The highest BCUT2D eigenvalue weighted by atomic mass is 16.2. The summed E-state index contributed by atoms with van der Waals surface area (Å²) in [6, 6.07) is 7.56. The predicted molar refractivity (Wildman–Crippen MR) is 62.8 cm³/mol. The number of anilines is 1. The molecule has 1 saturated heterocycles. The zero-order valence-electron chi connectivity index (χ0n) is 8.85. The Morgan fingerprint density at radius 2 is 2.12 bits per heavy atom. The molecule has 1 fully saturated rings. The van der Waals surface area contributed by atoms with Crippen molar-refractivity contribution in [3.8, 4) is 0 Å². The maximum Gasteiger partial charge on any atom is 0.227 e. The summed E-state index contributed by atoms with van der Waals surface area (Å²) in [5.74, 6) is 0.149. The molecule has 0 aliphatic carbocycles. The average molecular weight is 214 g/mol. The van der Waals surface area contributed by atoms with Crippen molar-refractivity contribution in [3.05, 3.63) is 35.9 Å². The van der Waals surface area contributed by atoms with Crippen molar-refractivity contribution < 1.29 is 9.59 Å². The topological polar surface area (TPSA) is 37.4 Å². The van der Waals surface area contributed by atoms with Crippen LogP contribution in [-0.2, 0) is 9.59 Å². The molecule has 81 valence electrons. The van der Waals surface area contributed by atoms with Gasteiger partial charge in [0.25, 0.3) is 0 Å². The monoisotopic (exact) mass is 214 g/mol. The Labute approximate surface area is 94.4 Å². The third-order valence-corrected chi connectivity index (χ3v) is 2.63. The third kappa shape index (κ3) is 2.03. The highest BCUT2D eigenvalue weighted by Crippen LogP contribution is 2.26. The lowest BCUT2D eigenvalue weighted by Crippen LogP contribution is -2.24. The van der Waals surface area contributed by atoms with Gasteiger partial charge in [-0.1, -0.05) is 18.2 Å². The molecule has 1 aromatic carbocycles. The van der Waals surface area contributed by atoms with Gasteiger partial charge in [-0.15, -0.1) is 0 Å². The number of hydrogen-bond acceptors (Lipinski definition) is 2. The normalized spacial score (nSPS) is 16.0. The number of carbonyl (C=O) groups is 1. The predicted octanol–water partition coefficient (Wildman–Crippen LogP) is 1.94. The van der Waals surface area contributed by atoms with E-state index in [1.165, 1.54) is 6.08 Å². The minimum atomic E-state index is 0.149. The quantitative estimate of drug-likeness (QED) is 0.721. The number of hydrogen-bond donors (Lipinski definition) is 0. The van der Waals surface area contributed by atoms with E-state index < -0.39 is 0 Å². The molecule has 1 amide bonds. The molecule has 0 atom stereocenters. The molecule has 1 radical (unpaired) electrons. The summed E-state index contributed by atoms with van der Waals surface area (Å²) in [7, 11) is 0. The maximum atomic E-state index is 11.6. The second-order valence-corrected chi connectivity index (χ2v) is 3.66. The summed E-state index contributed by atoms with van der Waals surface area (Å²) >= 11 is 0. The summed E-state index contributed by atoms with van der Waals surface area (Å²) in [6.07, 6.45) is 6.21. The molecule has 1 aliphatic heterocycles. The van der Waals surface area contributed by atoms with E-state index in [9.17, 15) is 9.59 Å². The number of nitrogens with zero attached hydrogens (tertiary/aromatic N) is 1. The van der Waals surface area contributed by atoms with Crippen LogP contribution in [0.25, 0.3) is 6.08 Å². The fraction of sp³-hybridized carbons (Fsp3) is 0.231. The number of rotatable bonds is 3. The molecule has 2 rings (SSSR count). The Bertz CT molecular complexity index is 437. The summed E-state index contributed by atoms with van der Waals surface area (Å²) in [4.78, 5) is 23.6. The van der Waals surface area contributed by atoms with E-state index in [1.807, 2.05) is 24.3 Å². The van der Waals surface area contributed by atoms with Crippen LogP contribution in [0.4, 0.5) is 5.69 Å². The van der Waals surface area contributed by atoms with Crippen LogP contribution >= 0.6 is 0 Å². The second-order valence-electron chi connectivity index (χ2n) is 3.66. The second kappa shape index (κ2) is 4.75. The van der Waals surface area contributed by atoms with Crippen LogP contribution in [0, 0.1) is 0 Å². The molecule has 1 aromatic rings. The molecule has 3 nitrogen and oxygen atoms in total. The maximum absolute atomic E-state index is 11.6. The number of allylic oxidation sites excluding steroid dienone is 1. The fourth-order valence-electron chi connectivity index (χ4n) is 1.90. The molecule has 0 saturated carbocycles. The Morgan fingerprint density at radius 1 is 1.31 bits per heavy atom. The largest absolute Gasteiger partial charge is 0.312 e. The van der Waals surface area contributed by atoms with E-state index >= 15 is 0 Å². The summed E-state index contributed by atoms with van der Waals surface area (Å²) < 4.78 is 0. The first-order chi connectivity index (χ1) is 7.83. The Kier molecular flexibility index (Phi) is 3.15. The molecule has 1 aliphatic rings. The molecule has 0 unspecified atom stereocenters. The zero-order chi connectivity index (χ0) is 11.4. The van der Waals surface area contributed by atoms with Crippen molar-refractivity contribution in [1.29, 1.82) is 0 Å². The number of para-hydroxylation sites is 1. The van der Waals surface area contributed by atoms with Gasteiger partial charge in [0.2, 0.25) is 12.2 Å². The van der Waals surface area contributed by atoms with Gasteiger partial charge in [-0.05, 0) is 30.2 Å². The van der Waals surface area contributed by atoms with Gasteiger partial charge in [0, 0.05) is 13.0 Å². The zero-order valence-corrected chi connectivity index (χ0v) is 8.85. The molecular weight excluding hydrogens is 202 g/mol. The van der Waals surface area contributed by atoms with Crippen molar-refractivity contribution in [2.45, 2.75) is 12.8 Å². The van der Waals surface area contributed by atoms with Crippen LogP contribution in [0.1, 0.15) is 18.4 Å². The first kappa shape index (κ1) is 10.6. The SMILES string of the molecule is O=[C]/C=C/c1ccccc1N1CCCC1=O. The van der Waals surface area contributed by atoms with Gasteiger partial charge in [0.1, 0.15) is 0 Å². The molecule has 0 aromatic heterocycles. The highest BCUT2D eigenvalue weighted by Gasteiger charge is 2.22. The molecular formula is C13H12NO2. The van der Waals surface area contributed by atoms with E-state index in [0.717, 1.165) is 24.2 Å². The molecule has 1 heterocycles. The van der Waals surface area contributed by atoms with Crippen molar-refractivity contribution in [3.63, 3.8) is 0 Å². The summed E-state index contributed by atoms with van der Waals surface area (Å²) in [5.41, 5.74) is 1.75. The third-order valence-electron chi connectivity index (χ3n) is 2.63.